The van der Waals surface area contributed by atoms with Crippen LogP contribution in [0.5, 0.6) is 11.5 Å². The summed E-state index contributed by atoms with van der Waals surface area (Å²) in [5.74, 6) is 1.28. The van der Waals surface area contributed by atoms with Gasteiger partial charge in [-0.3, -0.25) is 10.0 Å². The Balaban J connectivity index is 1.77. The smallest absolute Gasteiger partial charge is 0.310 e. The molecule has 0 saturated heterocycles. The molecular formula is C14H11NO5. The first-order chi connectivity index (χ1) is 9.76. The van der Waals surface area contributed by atoms with Gasteiger partial charge < -0.3 is 13.9 Å². The van der Waals surface area contributed by atoms with Crippen LogP contribution >= 0.6 is 0 Å². The second-order valence-corrected chi connectivity index (χ2v) is 4.09. The molecule has 0 atom stereocenters. The summed E-state index contributed by atoms with van der Waals surface area (Å²) in [7, 11) is 0. The van der Waals surface area contributed by atoms with Crippen LogP contribution in [0, 0.1) is 0 Å². The number of hydrogen-bond acceptors (Lipinski definition) is 5. The van der Waals surface area contributed by atoms with Crippen LogP contribution in [-0.2, 0) is 0 Å². The number of hydroxylamine groups is 1. The molecule has 3 rings (SSSR count). The summed E-state index contributed by atoms with van der Waals surface area (Å²) in [5.41, 5.74) is 2.42. The van der Waals surface area contributed by atoms with Gasteiger partial charge in [-0.1, -0.05) is 12.1 Å². The molecule has 6 nitrogen and oxygen atoms in total. The maximum absolute atomic E-state index is 11.1. The molecule has 1 aliphatic rings. The van der Waals surface area contributed by atoms with Crippen molar-refractivity contribution in [2.45, 2.75) is 0 Å². The molecule has 6 heteroatoms. The van der Waals surface area contributed by atoms with Gasteiger partial charge in [-0.2, -0.15) is 0 Å². The van der Waals surface area contributed by atoms with Crippen molar-refractivity contribution < 1.29 is 23.9 Å². The average molecular weight is 273 g/mol. The molecule has 0 unspecified atom stereocenters. The predicted octanol–water partition coefficient (Wildman–Crippen LogP) is 2.30. The van der Waals surface area contributed by atoms with Gasteiger partial charge in [0, 0.05) is 0 Å². The lowest BCUT2D eigenvalue weighted by molar-refractivity contribution is 0.0675. The summed E-state index contributed by atoms with van der Waals surface area (Å²) >= 11 is 0. The van der Waals surface area contributed by atoms with E-state index >= 15 is 0 Å². The van der Waals surface area contributed by atoms with E-state index in [-0.39, 0.29) is 12.6 Å². The van der Waals surface area contributed by atoms with E-state index in [0.717, 1.165) is 11.3 Å². The lowest BCUT2D eigenvalue weighted by Crippen LogP contribution is -2.17. The summed E-state index contributed by atoms with van der Waals surface area (Å²) in [6.45, 7) is 0.236. The van der Waals surface area contributed by atoms with E-state index in [4.69, 9.17) is 19.1 Å². The largest absolute Gasteiger partial charge is 0.454 e. The van der Waals surface area contributed by atoms with Crippen molar-refractivity contribution in [2.24, 2.45) is 0 Å². The second kappa shape index (κ2) is 5.10. The molecule has 2 N–H and O–H groups in total. The van der Waals surface area contributed by atoms with Crippen molar-refractivity contribution in [3.05, 3.63) is 47.4 Å². The van der Waals surface area contributed by atoms with Crippen LogP contribution in [-0.4, -0.2) is 17.9 Å². The minimum atomic E-state index is -0.687. The van der Waals surface area contributed by atoms with Crippen LogP contribution in [0.25, 0.3) is 12.2 Å². The molecule has 1 aromatic carbocycles. The standard InChI is InChI=1S/C14H11NO5/c16-14(15-17)12-6-4-10(20-12)3-1-9-2-5-11-13(7-9)19-8-18-11/h1-7,17H,8H2,(H,15,16)/b3-1+. The molecule has 0 spiro atoms. The van der Waals surface area contributed by atoms with Crippen LogP contribution in [0.15, 0.2) is 34.7 Å². The van der Waals surface area contributed by atoms with E-state index in [1.807, 2.05) is 24.3 Å². The Labute approximate surface area is 114 Å². The summed E-state index contributed by atoms with van der Waals surface area (Å²) in [5, 5.41) is 8.49. The van der Waals surface area contributed by atoms with E-state index in [0.29, 0.717) is 11.5 Å². The number of fused-ring (bicyclic) bond motifs is 1. The van der Waals surface area contributed by atoms with Gasteiger partial charge in [-0.15, -0.1) is 0 Å². The van der Waals surface area contributed by atoms with Gasteiger partial charge in [0.1, 0.15) is 5.76 Å². The Morgan fingerprint density at radius 3 is 2.85 bits per heavy atom. The first kappa shape index (κ1) is 12.3. The van der Waals surface area contributed by atoms with Crippen molar-refractivity contribution in [3.8, 4) is 11.5 Å². The molecular weight excluding hydrogens is 262 g/mol. The fourth-order valence-electron chi connectivity index (χ4n) is 1.81. The number of nitrogens with one attached hydrogen (secondary N) is 1. The Morgan fingerprint density at radius 1 is 1.15 bits per heavy atom. The van der Waals surface area contributed by atoms with Crippen molar-refractivity contribution >= 4 is 18.1 Å². The second-order valence-electron chi connectivity index (χ2n) is 4.09. The van der Waals surface area contributed by atoms with Gasteiger partial charge in [0.15, 0.2) is 17.3 Å². The number of amides is 1. The van der Waals surface area contributed by atoms with E-state index in [9.17, 15) is 4.79 Å². The van der Waals surface area contributed by atoms with Crippen LogP contribution < -0.4 is 15.0 Å². The average Bonchev–Trinajstić information content (AvgIpc) is 3.12. The van der Waals surface area contributed by atoms with Crippen LogP contribution in [0.4, 0.5) is 0 Å². The first-order valence-corrected chi connectivity index (χ1v) is 5.88. The minimum absolute atomic E-state index is 0.0397. The minimum Gasteiger partial charge on any atom is -0.454 e. The number of benzene rings is 1. The van der Waals surface area contributed by atoms with E-state index < -0.39 is 5.91 Å². The number of furan rings is 1. The van der Waals surface area contributed by atoms with Crippen molar-refractivity contribution in [3.63, 3.8) is 0 Å². The Kier molecular flexibility index (Phi) is 3.14. The Bertz CT molecular complexity index is 674. The zero-order chi connectivity index (χ0) is 13.9. The van der Waals surface area contributed by atoms with Gasteiger partial charge in [0.2, 0.25) is 6.79 Å². The zero-order valence-corrected chi connectivity index (χ0v) is 10.3. The highest BCUT2D eigenvalue weighted by Crippen LogP contribution is 2.32. The third kappa shape index (κ3) is 2.36. The molecule has 2 heterocycles. The quantitative estimate of drug-likeness (QED) is 0.662. The Hall–Kier alpha value is -2.73. The highest BCUT2D eigenvalue weighted by molar-refractivity contribution is 5.90. The lowest BCUT2D eigenvalue weighted by Gasteiger charge is -1.97. The molecule has 0 fully saturated rings. The van der Waals surface area contributed by atoms with E-state index in [1.54, 1.807) is 12.1 Å². The maximum atomic E-state index is 11.1. The van der Waals surface area contributed by atoms with Gasteiger partial charge in [-0.25, -0.2) is 5.48 Å². The van der Waals surface area contributed by atoms with Crippen molar-refractivity contribution in [2.75, 3.05) is 6.79 Å². The van der Waals surface area contributed by atoms with E-state index in [1.165, 1.54) is 11.5 Å². The monoisotopic (exact) mass is 273 g/mol. The molecule has 2 aromatic rings. The molecule has 1 aromatic heterocycles. The third-order valence-corrected chi connectivity index (χ3v) is 2.79. The SMILES string of the molecule is O=C(NO)c1ccc(/C=C/c2ccc3c(c2)OCO3)o1. The van der Waals surface area contributed by atoms with Crippen LogP contribution in [0.2, 0.25) is 0 Å². The predicted molar refractivity (Wildman–Crippen MR) is 69.5 cm³/mol. The lowest BCUT2D eigenvalue weighted by atomic mass is 10.2. The molecule has 0 radical (unpaired) electrons. The molecule has 0 bridgehead atoms. The normalized spacial score (nSPS) is 12.8. The Morgan fingerprint density at radius 2 is 2.00 bits per heavy atom. The summed E-state index contributed by atoms with van der Waals surface area (Å²) in [4.78, 5) is 11.1. The fourth-order valence-corrected chi connectivity index (χ4v) is 1.81. The topological polar surface area (TPSA) is 80.9 Å². The van der Waals surface area contributed by atoms with Crippen LogP contribution in [0.3, 0.4) is 0 Å². The number of carbonyl (C=O) groups is 1. The maximum Gasteiger partial charge on any atom is 0.310 e. The fraction of sp³-hybridized carbons (Fsp3) is 0.0714. The van der Waals surface area contributed by atoms with Crippen molar-refractivity contribution in [1.82, 2.24) is 5.48 Å². The highest BCUT2D eigenvalue weighted by atomic mass is 16.7. The molecule has 102 valence electrons. The molecule has 0 saturated carbocycles. The summed E-state index contributed by atoms with van der Waals surface area (Å²) in [6, 6.07) is 8.67. The number of carbonyl (C=O) groups excluding carboxylic acids is 1. The van der Waals surface area contributed by atoms with Gasteiger partial charge in [0.25, 0.3) is 0 Å². The zero-order valence-electron chi connectivity index (χ0n) is 10.3. The summed E-state index contributed by atoms with van der Waals surface area (Å²) < 4.78 is 15.7. The number of rotatable bonds is 3. The molecule has 20 heavy (non-hydrogen) atoms. The van der Waals surface area contributed by atoms with Gasteiger partial charge in [-0.05, 0) is 35.9 Å². The number of ether oxygens (including phenoxy) is 2. The van der Waals surface area contributed by atoms with Gasteiger partial charge >= 0.3 is 5.91 Å². The van der Waals surface area contributed by atoms with Gasteiger partial charge in [0.05, 0.1) is 0 Å². The molecule has 0 aliphatic carbocycles. The molecule has 1 amide bonds. The van der Waals surface area contributed by atoms with Crippen molar-refractivity contribution in [1.29, 1.82) is 0 Å². The van der Waals surface area contributed by atoms with E-state index in [2.05, 4.69) is 0 Å². The first-order valence-electron chi connectivity index (χ1n) is 5.88. The number of hydrogen-bond donors (Lipinski definition) is 2. The highest BCUT2D eigenvalue weighted by Gasteiger charge is 2.12. The summed E-state index contributed by atoms with van der Waals surface area (Å²) in [6.07, 6.45) is 3.53. The molecule has 1 aliphatic heterocycles. The third-order valence-electron chi connectivity index (χ3n) is 2.79. The van der Waals surface area contributed by atoms with Crippen LogP contribution in [0.1, 0.15) is 21.9 Å².